The Bertz CT molecular complexity index is 955. The average Bonchev–Trinajstić information content (AvgIpc) is 3.23. The summed E-state index contributed by atoms with van der Waals surface area (Å²) in [5, 5.41) is 2.92. The molecule has 1 aliphatic rings. The highest BCUT2D eigenvalue weighted by molar-refractivity contribution is 7.86. The third-order valence-electron chi connectivity index (χ3n) is 4.70. The Hall–Kier alpha value is -2.78. The lowest BCUT2D eigenvalue weighted by molar-refractivity contribution is 0.0819. The number of ether oxygens (including phenoxy) is 2. The zero-order valence-electron chi connectivity index (χ0n) is 17.7. The minimum absolute atomic E-state index is 0.000999. The Morgan fingerprint density at radius 1 is 1.13 bits per heavy atom. The summed E-state index contributed by atoms with van der Waals surface area (Å²) in [6, 6.07) is 13.6. The number of hydrogen-bond donors (Lipinski definition) is 1. The van der Waals surface area contributed by atoms with Crippen LogP contribution < -0.4 is 14.2 Å². The second-order valence-corrected chi connectivity index (χ2v) is 8.91. The molecule has 168 valence electrons. The van der Waals surface area contributed by atoms with Crippen LogP contribution in [0, 0.1) is 0 Å². The van der Waals surface area contributed by atoms with Gasteiger partial charge < -0.3 is 23.9 Å². The standard InChI is InChI=1S/C22H28N2O6S/c1-3-28-19-12-8-18(9-13-19)23-22(25)24(16-21-5-4-14-29-21)15-17-6-10-20(11-7-17)30-31(2,26)27/h6-13,21H,3-5,14-16H2,1-2H3,(H,23,25)/t21-/m0/s1. The summed E-state index contributed by atoms with van der Waals surface area (Å²) >= 11 is 0. The maximum atomic E-state index is 13.0. The Morgan fingerprint density at radius 2 is 1.81 bits per heavy atom. The van der Waals surface area contributed by atoms with Crippen LogP contribution in [0.1, 0.15) is 25.3 Å². The molecule has 2 aromatic rings. The fourth-order valence-corrected chi connectivity index (χ4v) is 3.76. The van der Waals surface area contributed by atoms with Gasteiger partial charge in [0.1, 0.15) is 11.5 Å². The smallest absolute Gasteiger partial charge is 0.322 e. The third-order valence-corrected chi connectivity index (χ3v) is 5.19. The second kappa shape index (κ2) is 10.5. The van der Waals surface area contributed by atoms with Gasteiger partial charge in [-0.2, -0.15) is 8.42 Å². The van der Waals surface area contributed by atoms with Crippen molar-refractivity contribution in [3.05, 3.63) is 54.1 Å². The van der Waals surface area contributed by atoms with Crippen molar-refractivity contribution >= 4 is 21.8 Å². The predicted molar refractivity (Wildman–Crippen MR) is 118 cm³/mol. The van der Waals surface area contributed by atoms with E-state index in [0.717, 1.165) is 30.4 Å². The van der Waals surface area contributed by atoms with E-state index in [1.54, 1.807) is 41.3 Å². The summed E-state index contributed by atoms with van der Waals surface area (Å²) < 4.78 is 38.6. The van der Waals surface area contributed by atoms with Gasteiger partial charge in [0, 0.05) is 25.4 Å². The van der Waals surface area contributed by atoms with Crippen LogP contribution in [0.25, 0.3) is 0 Å². The fourth-order valence-electron chi connectivity index (χ4n) is 3.30. The summed E-state index contributed by atoms with van der Waals surface area (Å²) in [4.78, 5) is 14.7. The number of carbonyl (C=O) groups is 1. The number of nitrogens with one attached hydrogen (secondary N) is 1. The number of benzene rings is 2. The van der Waals surface area contributed by atoms with Crippen molar-refractivity contribution in [3.8, 4) is 11.5 Å². The molecule has 2 amide bonds. The lowest BCUT2D eigenvalue weighted by Gasteiger charge is -2.26. The van der Waals surface area contributed by atoms with Crippen LogP contribution in [-0.2, 0) is 21.4 Å². The first-order chi connectivity index (χ1) is 14.8. The fraction of sp³-hybridized carbons (Fsp3) is 0.409. The molecule has 1 aliphatic heterocycles. The molecule has 0 aliphatic carbocycles. The van der Waals surface area contributed by atoms with Gasteiger partial charge in [0.05, 0.1) is 19.0 Å². The lowest BCUT2D eigenvalue weighted by atomic mass is 10.2. The molecule has 0 unspecified atom stereocenters. The van der Waals surface area contributed by atoms with Crippen molar-refractivity contribution < 1.29 is 26.9 Å². The largest absolute Gasteiger partial charge is 0.494 e. The summed E-state index contributed by atoms with van der Waals surface area (Å²) in [7, 11) is -3.58. The lowest BCUT2D eigenvalue weighted by Crippen LogP contribution is -2.39. The normalized spacial score (nSPS) is 16.0. The van der Waals surface area contributed by atoms with E-state index < -0.39 is 10.1 Å². The van der Waals surface area contributed by atoms with E-state index in [0.29, 0.717) is 32.0 Å². The number of rotatable bonds is 9. The first-order valence-corrected chi connectivity index (χ1v) is 12.0. The highest BCUT2D eigenvalue weighted by Crippen LogP contribution is 2.20. The van der Waals surface area contributed by atoms with Gasteiger partial charge >= 0.3 is 16.1 Å². The molecular formula is C22H28N2O6S. The number of urea groups is 1. The molecule has 3 rings (SSSR count). The average molecular weight is 449 g/mol. The Labute approximate surface area is 183 Å². The molecule has 1 saturated heterocycles. The van der Waals surface area contributed by atoms with Crippen molar-refractivity contribution in [3.63, 3.8) is 0 Å². The summed E-state index contributed by atoms with van der Waals surface area (Å²) in [5.74, 6) is 0.976. The molecule has 1 N–H and O–H groups in total. The summed E-state index contributed by atoms with van der Waals surface area (Å²) in [6.45, 7) is 4.01. The quantitative estimate of drug-likeness (QED) is 0.589. The van der Waals surface area contributed by atoms with Crippen LogP contribution in [-0.4, -0.2) is 51.5 Å². The first kappa shape index (κ1) is 22.9. The molecule has 8 nitrogen and oxygen atoms in total. The van der Waals surface area contributed by atoms with Gasteiger partial charge in [-0.3, -0.25) is 0 Å². The van der Waals surface area contributed by atoms with Gasteiger partial charge in [-0.05, 0) is 61.7 Å². The van der Waals surface area contributed by atoms with Crippen LogP contribution in [0.2, 0.25) is 0 Å². The van der Waals surface area contributed by atoms with E-state index >= 15 is 0 Å². The van der Waals surface area contributed by atoms with E-state index in [2.05, 4.69) is 5.32 Å². The monoisotopic (exact) mass is 448 g/mol. The maximum Gasteiger partial charge on any atom is 0.322 e. The van der Waals surface area contributed by atoms with Gasteiger partial charge in [-0.25, -0.2) is 4.79 Å². The third kappa shape index (κ3) is 7.45. The SMILES string of the molecule is CCOc1ccc(NC(=O)N(Cc2ccc(OS(C)(=O)=O)cc2)C[C@@H]2CCCO2)cc1. The highest BCUT2D eigenvalue weighted by atomic mass is 32.2. The molecule has 1 fully saturated rings. The van der Waals surface area contributed by atoms with Crippen molar-refractivity contribution in [2.45, 2.75) is 32.4 Å². The van der Waals surface area contributed by atoms with Gasteiger partial charge in [-0.1, -0.05) is 12.1 Å². The zero-order chi connectivity index (χ0) is 22.3. The molecule has 0 spiro atoms. The second-order valence-electron chi connectivity index (χ2n) is 7.33. The maximum absolute atomic E-state index is 13.0. The molecule has 0 radical (unpaired) electrons. The number of nitrogens with zero attached hydrogens (tertiary/aromatic N) is 1. The topological polar surface area (TPSA) is 94.2 Å². The Balaban J connectivity index is 1.68. The molecule has 2 aromatic carbocycles. The summed E-state index contributed by atoms with van der Waals surface area (Å²) in [6.07, 6.45) is 2.89. The number of amides is 2. The Kier molecular flexibility index (Phi) is 7.75. The molecule has 0 saturated carbocycles. The number of hydrogen-bond acceptors (Lipinski definition) is 6. The molecular weight excluding hydrogens is 420 g/mol. The van der Waals surface area contributed by atoms with E-state index in [1.165, 1.54) is 0 Å². The van der Waals surface area contributed by atoms with Crippen molar-refractivity contribution in [2.24, 2.45) is 0 Å². The van der Waals surface area contributed by atoms with Crippen molar-refractivity contribution in [2.75, 3.05) is 31.3 Å². The minimum Gasteiger partial charge on any atom is -0.494 e. The van der Waals surface area contributed by atoms with E-state index in [-0.39, 0.29) is 17.9 Å². The summed E-state index contributed by atoms with van der Waals surface area (Å²) in [5.41, 5.74) is 1.52. The molecule has 0 bridgehead atoms. The van der Waals surface area contributed by atoms with Crippen LogP contribution in [0.3, 0.4) is 0 Å². The van der Waals surface area contributed by atoms with Crippen molar-refractivity contribution in [1.29, 1.82) is 0 Å². The molecule has 1 heterocycles. The van der Waals surface area contributed by atoms with Gasteiger partial charge in [0.2, 0.25) is 0 Å². The molecule has 0 aromatic heterocycles. The van der Waals surface area contributed by atoms with Crippen LogP contribution in [0.15, 0.2) is 48.5 Å². The predicted octanol–water partition coefficient (Wildman–Crippen LogP) is 3.64. The van der Waals surface area contributed by atoms with Gasteiger partial charge in [-0.15, -0.1) is 0 Å². The van der Waals surface area contributed by atoms with E-state index in [9.17, 15) is 13.2 Å². The molecule has 1 atom stereocenters. The van der Waals surface area contributed by atoms with E-state index in [1.807, 2.05) is 19.1 Å². The zero-order valence-corrected chi connectivity index (χ0v) is 18.6. The number of carbonyl (C=O) groups excluding carboxylic acids is 1. The molecule has 31 heavy (non-hydrogen) atoms. The number of anilines is 1. The van der Waals surface area contributed by atoms with Gasteiger partial charge in [0.15, 0.2) is 0 Å². The van der Waals surface area contributed by atoms with Gasteiger partial charge in [0.25, 0.3) is 0 Å². The van der Waals surface area contributed by atoms with Crippen molar-refractivity contribution in [1.82, 2.24) is 4.90 Å². The van der Waals surface area contributed by atoms with E-state index in [4.69, 9.17) is 13.7 Å². The first-order valence-electron chi connectivity index (χ1n) is 10.2. The Morgan fingerprint density at radius 3 is 2.39 bits per heavy atom. The minimum atomic E-state index is -3.58. The van der Waals surface area contributed by atoms with Crippen LogP contribution >= 0.6 is 0 Å². The highest BCUT2D eigenvalue weighted by Gasteiger charge is 2.23. The van der Waals surface area contributed by atoms with Crippen LogP contribution in [0.4, 0.5) is 10.5 Å². The molecule has 9 heteroatoms. The van der Waals surface area contributed by atoms with Crippen LogP contribution in [0.5, 0.6) is 11.5 Å².